The van der Waals surface area contributed by atoms with E-state index in [4.69, 9.17) is 10.2 Å². The number of nitrogens with zero attached hydrogens (tertiary/aromatic N) is 2. The minimum Gasteiger partial charge on any atom is -0.408 e. The smallest absolute Gasteiger partial charge is 0.408 e. The lowest BCUT2D eigenvalue weighted by Crippen LogP contribution is -2.43. The number of aryl methyl sites for hydroxylation is 1. The fraction of sp³-hybridized carbons (Fsp3) is 0.238. The number of carbonyl (C=O) groups is 2. The average Bonchev–Trinajstić information content (AvgIpc) is 3.06. The van der Waals surface area contributed by atoms with Gasteiger partial charge in [-0.05, 0) is 49.6 Å². The molecule has 0 radical (unpaired) electrons. The van der Waals surface area contributed by atoms with Gasteiger partial charge in [0.25, 0.3) is 0 Å². The summed E-state index contributed by atoms with van der Waals surface area (Å²) >= 11 is 0. The maximum Gasteiger partial charge on any atom is 0.420 e. The van der Waals surface area contributed by atoms with Crippen LogP contribution in [0.4, 0.5) is 10.2 Å². The SMILES string of the molecule is Cc1cc(-c2ccc(-c3cn([C@H]4CCC(=O)NC4=O)c(=O)o3)c(F)c2)nc(N)c1C. The number of piperidine rings is 1. The van der Waals surface area contributed by atoms with E-state index in [1.165, 1.54) is 18.3 Å². The highest BCUT2D eigenvalue weighted by molar-refractivity contribution is 5.99. The van der Waals surface area contributed by atoms with Gasteiger partial charge in [-0.1, -0.05) is 6.07 Å². The second-order valence-corrected chi connectivity index (χ2v) is 7.26. The second-order valence-electron chi connectivity index (χ2n) is 7.26. The Morgan fingerprint density at radius 2 is 2.00 bits per heavy atom. The highest BCUT2D eigenvalue weighted by Crippen LogP contribution is 2.29. The van der Waals surface area contributed by atoms with Crippen LogP contribution in [0, 0.1) is 19.7 Å². The molecule has 0 unspecified atom stereocenters. The molecule has 3 heterocycles. The molecule has 9 heteroatoms. The zero-order valence-corrected chi connectivity index (χ0v) is 16.4. The zero-order valence-electron chi connectivity index (χ0n) is 16.4. The number of nitrogen functional groups attached to an aromatic ring is 1. The molecular formula is C21H19FN4O4. The molecule has 0 aliphatic carbocycles. The van der Waals surface area contributed by atoms with Gasteiger partial charge in [0.15, 0.2) is 5.76 Å². The van der Waals surface area contributed by atoms with E-state index in [1.54, 1.807) is 6.07 Å². The number of anilines is 1. The fourth-order valence-corrected chi connectivity index (χ4v) is 3.42. The van der Waals surface area contributed by atoms with E-state index in [9.17, 15) is 18.8 Å². The van der Waals surface area contributed by atoms with Gasteiger partial charge in [0, 0.05) is 12.0 Å². The van der Waals surface area contributed by atoms with Crippen molar-refractivity contribution < 1.29 is 18.4 Å². The number of halogens is 1. The molecule has 154 valence electrons. The van der Waals surface area contributed by atoms with Crippen LogP contribution in [0.15, 0.2) is 39.7 Å². The zero-order chi connectivity index (χ0) is 21.6. The number of benzene rings is 1. The molecule has 8 nitrogen and oxygen atoms in total. The van der Waals surface area contributed by atoms with Crippen LogP contribution in [0.1, 0.15) is 30.0 Å². The van der Waals surface area contributed by atoms with E-state index in [0.29, 0.717) is 17.1 Å². The fourth-order valence-electron chi connectivity index (χ4n) is 3.42. The minimum atomic E-state index is -0.877. The van der Waals surface area contributed by atoms with E-state index >= 15 is 0 Å². The van der Waals surface area contributed by atoms with E-state index in [0.717, 1.165) is 15.7 Å². The van der Waals surface area contributed by atoms with E-state index in [2.05, 4.69) is 10.3 Å². The molecule has 0 saturated carbocycles. The number of aromatic nitrogens is 2. The monoisotopic (exact) mass is 410 g/mol. The lowest BCUT2D eigenvalue weighted by Gasteiger charge is -2.20. The minimum absolute atomic E-state index is 0.0127. The predicted molar refractivity (Wildman–Crippen MR) is 107 cm³/mol. The second kappa shape index (κ2) is 7.25. The molecular weight excluding hydrogens is 391 g/mol. The largest absolute Gasteiger partial charge is 0.420 e. The summed E-state index contributed by atoms with van der Waals surface area (Å²) in [5, 5.41) is 2.18. The van der Waals surface area contributed by atoms with Crippen LogP contribution in [-0.2, 0) is 9.59 Å². The number of carbonyl (C=O) groups excluding carboxylic acids is 2. The van der Waals surface area contributed by atoms with Crippen molar-refractivity contribution in [1.29, 1.82) is 0 Å². The Kier molecular flexibility index (Phi) is 4.73. The summed E-state index contributed by atoms with van der Waals surface area (Å²) in [6.07, 6.45) is 1.57. The molecule has 1 atom stereocenters. The first-order valence-corrected chi connectivity index (χ1v) is 9.34. The molecule has 1 saturated heterocycles. The van der Waals surface area contributed by atoms with Crippen LogP contribution >= 0.6 is 0 Å². The number of hydrogen-bond acceptors (Lipinski definition) is 6. The summed E-state index contributed by atoms with van der Waals surface area (Å²) in [5.41, 5.74) is 8.85. The standard InChI is InChI=1S/C21H19FN4O4/c1-10-7-15(24-19(23)11(10)2)12-3-4-13(14(22)8-12)17-9-26(21(29)30-17)16-5-6-18(27)25-20(16)28/h3-4,7-9,16H,5-6H2,1-2H3,(H2,23,24)(H,25,27,28)/t16-/m0/s1. The van der Waals surface area contributed by atoms with Crippen LogP contribution in [0.5, 0.6) is 0 Å². The molecule has 0 spiro atoms. The topological polar surface area (TPSA) is 120 Å². The molecule has 1 aromatic carbocycles. The van der Waals surface area contributed by atoms with E-state index in [1.807, 2.05) is 19.9 Å². The van der Waals surface area contributed by atoms with Gasteiger partial charge in [-0.15, -0.1) is 0 Å². The van der Waals surface area contributed by atoms with Gasteiger partial charge in [-0.3, -0.25) is 19.5 Å². The molecule has 0 bridgehead atoms. The van der Waals surface area contributed by atoms with Crippen LogP contribution in [0.3, 0.4) is 0 Å². The summed E-state index contributed by atoms with van der Waals surface area (Å²) in [6.45, 7) is 3.76. The van der Waals surface area contributed by atoms with Gasteiger partial charge in [0.05, 0.1) is 17.5 Å². The number of oxazole rings is 1. The van der Waals surface area contributed by atoms with Crippen molar-refractivity contribution in [2.45, 2.75) is 32.7 Å². The van der Waals surface area contributed by atoms with Gasteiger partial charge in [0.2, 0.25) is 11.8 Å². The molecule has 3 aromatic rings. The van der Waals surface area contributed by atoms with Gasteiger partial charge in [-0.25, -0.2) is 14.2 Å². The molecule has 2 amide bonds. The van der Waals surface area contributed by atoms with Gasteiger partial charge in [-0.2, -0.15) is 0 Å². The molecule has 4 rings (SSSR count). The Bertz CT molecular complexity index is 1220. The Morgan fingerprint density at radius 1 is 1.23 bits per heavy atom. The van der Waals surface area contributed by atoms with E-state index in [-0.39, 0.29) is 24.2 Å². The van der Waals surface area contributed by atoms with Crippen LogP contribution in [0.2, 0.25) is 0 Å². The van der Waals surface area contributed by atoms with Crippen molar-refractivity contribution in [3.8, 4) is 22.6 Å². The third-order valence-electron chi connectivity index (χ3n) is 5.31. The third kappa shape index (κ3) is 3.38. The van der Waals surface area contributed by atoms with Crippen molar-refractivity contribution in [2.24, 2.45) is 0 Å². The van der Waals surface area contributed by atoms with Gasteiger partial charge >= 0.3 is 5.76 Å². The molecule has 30 heavy (non-hydrogen) atoms. The van der Waals surface area contributed by atoms with Crippen LogP contribution in [-0.4, -0.2) is 21.4 Å². The number of nitrogens with two attached hydrogens (primary N) is 1. The quantitative estimate of drug-likeness (QED) is 0.640. The van der Waals surface area contributed by atoms with Crippen LogP contribution < -0.4 is 16.8 Å². The van der Waals surface area contributed by atoms with Crippen molar-refractivity contribution >= 4 is 17.6 Å². The number of pyridine rings is 1. The van der Waals surface area contributed by atoms with Crippen molar-refractivity contribution in [3.05, 3.63) is 58.0 Å². The Hall–Kier alpha value is -3.75. The summed E-state index contributed by atoms with van der Waals surface area (Å²) in [7, 11) is 0. The van der Waals surface area contributed by atoms with Gasteiger partial charge in [0.1, 0.15) is 17.7 Å². The van der Waals surface area contributed by atoms with Crippen molar-refractivity contribution in [1.82, 2.24) is 14.9 Å². The maximum absolute atomic E-state index is 14.9. The molecule has 1 aliphatic heterocycles. The molecule has 1 aliphatic rings. The average molecular weight is 410 g/mol. The number of rotatable bonds is 3. The number of amides is 2. The highest BCUT2D eigenvalue weighted by Gasteiger charge is 2.30. The lowest BCUT2D eigenvalue weighted by molar-refractivity contribution is -0.135. The first kappa shape index (κ1) is 19.6. The molecule has 3 N–H and O–H groups in total. The van der Waals surface area contributed by atoms with E-state index < -0.39 is 29.4 Å². The van der Waals surface area contributed by atoms with Crippen molar-refractivity contribution in [3.63, 3.8) is 0 Å². The first-order chi connectivity index (χ1) is 14.2. The predicted octanol–water partition coefficient (Wildman–Crippen LogP) is 2.49. The number of hydrogen-bond donors (Lipinski definition) is 2. The highest BCUT2D eigenvalue weighted by atomic mass is 19.1. The summed E-state index contributed by atoms with van der Waals surface area (Å²) < 4.78 is 21.1. The Labute approximate surface area is 170 Å². The number of nitrogens with one attached hydrogen (secondary N) is 1. The van der Waals surface area contributed by atoms with Crippen LogP contribution in [0.25, 0.3) is 22.6 Å². The molecule has 2 aromatic heterocycles. The Morgan fingerprint density at radius 3 is 2.67 bits per heavy atom. The summed E-state index contributed by atoms with van der Waals surface area (Å²) in [6, 6.07) is 5.36. The molecule has 1 fully saturated rings. The lowest BCUT2D eigenvalue weighted by atomic mass is 10.0. The third-order valence-corrected chi connectivity index (χ3v) is 5.31. The van der Waals surface area contributed by atoms with Crippen molar-refractivity contribution in [2.75, 3.05) is 5.73 Å². The normalized spacial score (nSPS) is 16.6. The first-order valence-electron chi connectivity index (χ1n) is 9.34. The Balaban J connectivity index is 1.68. The number of imide groups is 1. The maximum atomic E-state index is 14.9. The van der Waals surface area contributed by atoms with Gasteiger partial charge < -0.3 is 10.2 Å². The summed E-state index contributed by atoms with van der Waals surface area (Å²) in [4.78, 5) is 39.9. The summed E-state index contributed by atoms with van der Waals surface area (Å²) in [5.74, 6) is -2.03.